The molecular weight excluding hydrogens is 537 g/mol. The van der Waals surface area contributed by atoms with Gasteiger partial charge in [0, 0.05) is 33.8 Å². The van der Waals surface area contributed by atoms with Gasteiger partial charge in [-0.2, -0.15) is 0 Å². The predicted octanol–water partition coefficient (Wildman–Crippen LogP) is 4.68. The molecule has 2 atom stereocenters. The number of anilines is 1. The highest BCUT2D eigenvalue weighted by atomic mass is 35.5. The van der Waals surface area contributed by atoms with Crippen LogP contribution in [0.2, 0.25) is 10.0 Å². The molecule has 1 N–H and O–H groups in total. The smallest absolute Gasteiger partial charge is 0.244 e. The first kappa shape index (κ1) is 30.6. The van der Waals surface area contributed by atoms with Crippen molar-refractivity contribution in [1.82, 2.24) is 10.2 Å². The van der Waals surface area contributed by atoms with Gasteiger partial charge in [0.05, 0.1) is 11.9 Å². The minimum Gasteiger partial charge on any atom is -0.352 e. The van der Waals surface area contributed by atoms with Gasteiger partial charge in [-0.3, -0.25) is 18.7 Å². The molecule has 0 fully saturated rings. The fraction of sp³-hybridized carbons (Fsp3) is 0.423. The van der Waals surface area contributed by atoms with Crippen molar-refractivity contribution in [3.05, 3.63) is 63.6 Å². The molecule has 0 saturated carbocycles. The van der Waals surface area contributed by atoms with E-state index >= 15 is 0 Å². The molecule has 11 heteroatoms. The van der Waals surface area contributed by atoms with Crippen LogP contribution in [-0.2, 0) is 26.2 Å². The number of carbonyl (C=O) groups is 3. The lowest BCUT2D eigenvalue weighted by Crippen LogP contribution is -2.53. The summed E-state index contributed by atoms with van der Waals surface area (Å²) in [4.78, 5) is 40.1. The molecule has 2 aromatic rings. The number of hydrogen-bond acceptors (Lipinski definition) is 5. The van der Waals surface area contributed by atoms with Gasteiger partial charge in [-0.15, -0.1) is 0 Å². The monoisotopic (exact) mass is 569 g/mol. The summed E-state index contributed by atoms with van der Waals surface area (Å²) in [5.74, 6) is -1.23. The maximum absolute atomic E-state index is 13.8. The molecule has 2 aromatic carbocycles. The molecule has 0 bridgehead atoms. The van der Waals surface area contributed by atoms with E-state index in [1.807, 2.05) is 13.8 Å². The Labute approximate surface area is 229 Å². The van der Waals surface area contributed by atoms with Crippen LogP contribution in [-0.4, -0.2) is 55.8 Å². The van der Waals surface area contributed by atoms with Gasteiger partial charge < -0.3 is 10.2 Å². The van der Waals surface area contributed by atoms with Gasteiger partial charge in [-0.05, 0) is 51.0 Å². The van der Waals surface area contributed by atoms with Crippen molar-refractivity contribution in [3.63, 3.8) is 0 Å². The third-order valence-electron chi connectivity index (χ3n) is 6.00. The molecule has 2 amide bonds. The largest absolute Gasteiger partial charge is 0.352 e. The van der Waals surface area contributed by atoms with Crippen LogP contribution in [0.5, 0.6) is 0 Å². The summed E-state index contributed by atoms with van der Waals surface area (Å²) < 4.78 is 26.4. The van der Waals surface area contributed by atoms with Crippen molar-refractivity contribution in [2.24, 2.45) is 0 Å². The zero-order valence-electron chi connectivity index (χ0n) is 21.6. The second-order valence-electron chi connectivity index (χ2n) is 8.84. The molecule has 0 saturated heterocycles. The number of nitrogens with one attached hydrogen (secondary N) is 1. The Hall–Kier alpha value is -2.62. The molecular formula is C26H33Cl2N3O5S. The lowest BCUT2D eigenvalue weighted by Gasteiger charge is -2.33. The van der Waals surface area contributed by atoms with E-state index in [0.717, 1.165) is 10.6 Å². The number of rotatable bonds is 12. The number of halogens is 2. The normalized spacial score (nSPS) is 12.9. The molecule has 202 valence electrons. The molecule has 0 aliphatic carbocycles. The fourth-order valence-electron chi connectivity index (χ4n) is 3.71. The van der Waals surface area contributed by atoms with Crippen molar-refractivity contribution in [3.8, 4) is 0 Å². The molecule has 0 unspecified atom stereocenters. The minimum absolute atomic E-state index is 0.102. The lowest BCUT2D eigenvalue weighted by molar-refractivity contribution is -0.140. The van der Waals surface area contributed by atoms with E-state index in [1.165, 1.54) is 24.0 Å². The van der Waals surface area contributed by atoms with Crippen molar-refractivity contribution < 1.29 is 22.8 Å². The van der Waals surface area contributed by atoms with Crippen molar-refractivity contribution >= 4 is 56.5 Å². The first-order valence-electron chi connectivity index (χ1n) is 11.9. The van der Waals surface area contributed by atoms with Gasteiger partial charge in [-0.1, -0.05) is 55.2 Å². The van der Waals surface area contributed by atoms with Crippen molar-refractivity contribution in [2.75, 3.05) is 17.1 Å². The lowest BCUT2D eigenvalue weighted by atomic mass is 10.1. The fourth-order valence-corrected chi connectivity index (χ4v) is 5.07. The highest BCUT2D eigenvalue weighted by Crippen LogP contribution is 2.28. The number of nitrogens with zero attached hydrogens (tertiary/aromatic N) is 2. The topological polar surface area (TPSA) is 104 Å². The summed E-state index contributed by atoms with van der Waals surface area (Å²) in [7, 11) is -3.93. The average Bonchev–Trinajstić information content (AvgIpc) is 2.83. The second kappa shape index (κ2) is 13.3. The summed E-state index contributed by atoms with van der Waals surface area (Å²) in [5.41, 5.74) is 0.910. The van der Waals surface area contributed by atoms with Crippen LogP contribution in [0.3, 0.4) is 0 Å². The predicted molar refractivity (Wildman–Crippen MR) is 148 cm³/mol. The Morgan fingerprint density at radius 2 is 1.59 bits per heavy atom. The van der Waals surface area contributed by atoms with Crippen LogP contribution in [0.15, 0.2) is 42.5 Å². The molecule has 0 aliphatic rings. The maximum Gasteiger partial charge on any atom is 0.244 e. The number of ketones is 1. The van der Waals surface area contributed by atoms with Crippen LogP contribution >= 0.6 is 23.2 Å². The van der Waals surface area contributed by atoms with E-state index < -0.39 is 28.5 Å². The van der Waals surface area contributed by atoms with Crippen LogP contribution in [0.4, 0.5) is 5.69 Å². The highest BCUT2D eigenvalue weighted by Gasteiger charge is 2.33. The third kappa shape index (κ3) is 8.18. The van der Waals surface area contributed by atoms with Gasteiger partial charge in [0.15, 0.2) is 5.78 Å². The standard InChI is InChI=1S/C26H33Cl2N3O5S/c1-6-17(3)29-26(34)24(7-2)30(15-21-22(27)12-9-13-23(21)28)25(33)16-31(37(5,35)36)20-11-8-10-19(14-20)18(4)32/h8-14,17,24H,6-7,15-16H2,1-5H3,(H,29,34)/t17-,24-/m0/s1. The van der Waals surface area contributed by atoms with Crippen LogP contribution in [0, 0.1) is 0 Å². The van der Waals surface area contributed by atoms with Crippen molar-refractivity contribution in [1.29, 1.82) is 0 Å². The molecule has 0 aromatic heterocycles. The summed E-state index contributed by atoms with van der Waals surface area (Å²) in [6.07, 6.45) is 1.94. The van der Waals surface area contributed by atoms with Crippen molar-refractivity contribution in [2.45, 2.75) is 59.2 Å². The SMILES string of the molecule is CC[C@H](C)NC(=O)[C@H](CC)N(Cc1c(Cl)cccc1Cl)C(=O)CN(c1cccc(C(C)=O)c1)S(C)(=O)=O. The molecule has 0 spiro atoms. The summed E-state index contributed by atoms with van der Waals surface area (Å²) in [5, 5.41) is 3.53. The average molecular weight is 571 g/mol. The van der Waals surface area contributed by atoms with Gasteiger partial charge in [0.2, 0.25) is 21.8 Å². The zero-order chi connectivity index (χ0) is 27.9. The van der Waals surface area contributed by atoms with Crippen LogP contribution in [0.1, 0.15) is 56.5 Å². The van der Waals surface area contributed by atoms with E-state index in [0.29, 0.717) is 27.6 Å². The number of sulfonamides is 1. The minimum atomic E-state index is -3.93. The molecule has 0 aliphatic heterocycles. The number of Topliss-reactive ketones (excluding diaryl/α,β-unsaturated/α-hetero) is 1. The molecule has 2 rings (SSSR count). The Balaban J connectivity index is 2.54. The zero-order valence-corrected chi connectivity index (χ0v) is 24.0. The van der Waals surface area contributed by atoms with E-state index in [1.54, 1.807) is 37.3 Å². The van der Waals surface area contributed by atoms with Gasteiger partial charge in [0.25, 0.3) is 0 Å². The number of amides is 2. The first-order chi connectivity index (χ1) is 17.3. The molecule has 0 radical (unpaired) electrons. The Morgan fingerprint density at radius 1 is 1.00 bits per heavy atom. The molecule has 0 heterocycles. The Kier molecular flexibility index (Phi) is 11.0. The van der Waals surface area contributed by atoms with Crippen LogP contribution in [0.25, 0.3) is 0 Å². The third-order valence-corrected chi connectivity index (χ3v) is 7.85. The van der Waals surface area contributed by atoms with E-state index in [4.69, 9.17) is 23.2 Å². The number of carbonyl (C=O) groups excluding carboxylic acids is 3. The van der Waals surface area contributed by atoms with E-state index in [2.05, 4.69) is 5.32 Å². The van der Waals surface area contributed by atoms with E-state index in [-0.39, 0.29) is 36.4 Å². The van der Waals surface area contributed by atoms with Gasteiger partial charge >= 0.3 is 0 Å². The van der Waals surface area contributed by atoms with Gasteiger partial charge in [-0.25, -0.2) is 8.42 Å². The van der Waals surface area contributed by atoms with Gasteiger partial charge in [0.1, 0.15) is 12.6 Å². The Bertz CT molecular complexity index is 1230. The molecule has 37 heavy (non-hydrogen) atoms. The maximum atomic E-state index is 13.8. The quantitative estimate of drug-likeness (QED) is 0.373. The number of hydrogen-bond donors (Lipinski definition) is 1. The summed E-state index contributed by atoms with van der Waals surface area (Å²) >= 11 is 12.7. The summed E-state index contributed by atoms with van der Waals surface area (Å²) in [6, 6.07) is 9.92. The Morgan fingerprint density at radius 3 is 2.11 bits per heavy atom. The number of benzene rings is 2. The molecule has 8 nitrogen and oxygen atoms in total. The summed E-state index contributed by atoms with van der Waals surface area (Å²) in [6.45, 7) is 6.22. The second-order valence-corrected chi connectivity index (χ2v) is 11.6. The highest BCUT2D eigenvalue weighted by molar-refractivity contribution is 7.92. The van der Waals surface area contributed by atoms with E-state index in [9.17, 15) is 22.8 Å². The first-order valence-corrected chi connectivity index (χ1v) is 14.5. The van der Waals surface area contributed by atoms with Crippen LogP contribution < -0.4 is 9.62 Å².